The van der Waals surface area contributed by atoms with E-state index in [2.05, 4.69) is 25.8 Å². The van der Waals surface area contributed by atoms with Crippen LogP contribution in [0.2, 0.25) is 0 Å². The smallest absolute Gasteiger partial charge is 0.422 e. The molecular weight excluding hydrogens is 363 g/mol. The number of aryl methyl sites for hydroxylation is 2. The number of hydrogen-bond acceptors (Lipinski definition) is 5. The van der Waals surface area contributed by atoms with Gasteiger partial charge in [-0.25, -0.2) is 4.99 Å². The van der Waals surface area contributed by atoms with Crippen molar-refractivity contribution in [1.82, 2.24) is 20.8 Å². The third kappa shape index (κ3) is 7.16. The molecule has 7 nitrogen and oxygen atoms in total. The topological polar surface area (TPSA) is 84.6 Å². The van der Waals surface area contributed by atoms with Gasteiger partial charge in [-0.1, -0.05) is 17.3 Å². The molecule has 1 aromatic heterocycles. The van der Waals surface area contributed by atoms with Crippen molar-refractivity contribution in [3.05, 3.63) is 41.0 Å². The molecular formula is C17H22F3N5O2. The predicted molar refractivity (Wildman–Crippen MR) is 93.4 cm³/mol. The summed E-state index contributed by atoms with van der Waals surface area (Å²) in [5.41, 5.74) is 1.36. The van der Waals surface area contributed by atoms with Gasteiger partial charge in [0.25, 0.3) is 0 Å². The molecule has 2 N–H and O–H groups in total. The number of benzene rings is 1. The van der Waals surface area contributed by atoms with E-state index in [9.17, 15) is 13.2 Å². The van der Waals surface area contributed by atoms with E-state index in [1.54, 1.807) is 32.0 Å². The van der Waals surface area contributed by atoms with Gasteiger partial charge in [-0.3, -0.25) is 0 Å². The lowest BCUT2D eigenvalue weighted by atomic mass is 10.1. The van der Waals surface area contributed by atoms with Crippen LogP contribution in [-0.2, 0) is 13.1 Å². The molecule has 0 atom stereocenters. The van der Waals surface area contributed by atoms with Crippen LogP contribution in [-0.4, -0.2) is 35.4 Å². The average molecular weight is 385 g/mol. The van der Waals surface area contributed by atoms with Crippen LogP contribution < -0.4 is 15.4 Å². The first kappa shape index (κ1) is 20.5. The van der Waals surface area contributed by atoms with Gasteiger partial charge in [0.15, 0.2) is 18.4 Å². The van der Waals surface area contributed by atoms with Crippen LogP contribution in [0.4, 0.5) is 13.2 Å². The lowest BCUT2D eigenvalue weighted by Crippen LogP contribution is -2.37. The number of hydrogen-bond donors (Lipinski definition) is 2. The standard InChI is InChI=1S/C17H22F3N5O2/c1-4-21-16(23-9-15-24-12(3)27-25-15)22-8-13-6-5-11(2)7-14(13)26-10-17(18,19)20/h5-7H,4,8-10H2,1-3H3,(H2,21,22,23). The molecule has 0 unspecified atom stereocenters. The van der Waals surface area contributed by atoms with Gasteiger partial charge in [0.1, 0.15) is 5.75 Å². The minimum atomic E-state index is -4.40. The number of guanidine groups is 1. The van der Waals surface area contributed by atoms with Crippen LogP contribution in [0.15, 0.2) is 27.7 Å². The number of aromatic nitrogens is 2. The Bertz CT molecular complexity index is 774. The highest BCUT2D eigenvalue weighted by Crippen LogP contribution is 2.24. The fraction of sp³-hybridized carbons (Fsp3) is 0.471. The number of nitrogens with one attached hydrogen (secondary N) is 2. The maximum atomic E-state index is 12.5. The van der Waals surface area contributed by atoms with Crippen molar-refractivity contribution < 1.29 is 22.4 Å². The molecule has 27 heavy (non-hydrogen) atoms. The normalized spacial score (nSPS) is 12.1. The highest BCUT2D eigenvalue weighted by Gasteiger charge is 2.28. The third-order valence-electron chi connectivity index (χ3n) is 3.35. The van der Waals surface area contributed by atoms with Gasteiger partial charge >= 0.3 is 6.18 Å². The Labute approximate surface area is 155 Å². The molecule has 0 saturated heterocycles. The van der Waals surface area contributed by atoms with Crippen molar-refractivity contribution in [3.8, 4) is 5.75 Å². The highest BCUT2D eigenvalue weighted by atomic mass is 19.4. The first-order valence-electron chi connectivity index (χ1n) is 8.37. The molecule has 1 aromatic carbocycles. The van der Waals surface area contributed by atoms with Crippen LogP contribution in [0.1, 0.15) is 29.8 Å². The van der Waals surface area contributed by atoms with E-state index in [0.29, 0.717) is 36.3 Å². The largest absolute Gasteiger partial charge is 0.484 e. The highest BCUT2D eigenvalue weighted by molar-refractivity contribution is 5.79. The quantitative estimate of drug-likeness (QED) is 0.563. The first-order chi connectivity index (χ1) is 12.8. The van der Waals surface area contributed by atoms with Crippen molar-refractivity contribution in [2.24, 2.45) is 4.99 Å². The molecule has 0 spiro atoms. The Balaban J connectivity index is 2.07. The lowest BCUT2D eigenvalue weighted by molar-refractivity contribution is -0.153. The summed E-state index contributed by atoms with van der Waals surface area (Å²) in [6.07, 6.45) is -4.40. The van der Waals surface area contributed by atoms with Crippen molar-refractivity contribution >= 4 is 5.96 Å². The zero-order valence-corrected chi connectivity index (χ0v) is 15.4. The maximum absolute atomic E-state index is 12.5. The summed E-state index contributed by atoms with van der Waals surface area (Å²) < 4.78 is 47.2. The molecule has 0 aliphatic heterocycles. The van der Waals surface area contributed by atoms with Crippen molar-refractivity contribution in [2.45, 2.75) is 40.0 Å². The number of ether oxygens (including phenoxy) is 1. The van der Waals surface area contributed by atoms with Gasteiger partial charge in [0.05, 0.1) is 13.1 Å². The van der Waals surface area contributed by atoms with Crippen LogP contribution >= 0.6 is 0 Å². The molecule has 0 fully saturated rings. The monoisotopic (exact) mass is 385 g/mol. The molecule has 0 amide bonds. The van der Waals surface area contributed by atoms with E-state index in [1.807, 2.05) is 6.92 Å². The van der Waals surface area contributed by atoms with E-state index < -0.39 is 12.8 Å². The minimum absolute atomic E-state index is 0.147. The van der Waals surface area contributed by atoms with Crippen LogP contribution in [0.25, 0.3) is 0 Å². The molecule has 0 aliphatic carbocycles. The fourth-order valence-corrected chi connectivity index (χ4v) is 2.17. The zero-order chi connectivity index (χ0) is 19.9. The maximum Gasteiger partial charge on any atom is 0.422 e. The molecule has 0 aliphatic rings. The summed E-state index contributed by atoms with van der Waals surface area (Å²) in [6.45, 7) is 5.09. The summed E-state index contributed by atoms with van der Waals surface area (Å²) in [4.78, 5) is 8.47. The number of nitrogens with zero attached hydrogens (tertiary/aromatic N) is 3. The second-order valence-corrected chi connectivity index (χ2v) is 5.79. The molecule has 0 saturated carbocycles. The lowest BCUT2D eigenvalue weighted by Gasteiger charge is -2.14. The Hall–Kier alpha value is -2.78. The Morgan fingerprint density at radius 1 is 1.26 bits per heavy atom. The van der Waals surface area contributed by atoms with E-state index in [1.165, 1.54) is 0 Å². The summed E-state index contributed by atoms with van der Waals surface area (Å²) in [6, 6.07) is 5.07. The molecule has 148 valence electrons. The zero-order valence-electron chi connectivity index (χ0n) is 15.4. The predicted octanol–water partition coefficient (Wildman–Crippen LogP) is 2.88. The third-order valence-corrected chi connectivity index (χ3v) is 3.35. The van der Waals surface area contributed by atoms with E-state index in [-0.39, 0.29) is 12.3 Å². The van der Waals surface area contributed by atoms with Gasteiger partial charge in [-0.05, 0) is 25.5 Å². The van der Waals surface area contributed by atoms with Gasteiger partial charge < -0.3 is 19.9 Å². The molecule has 2 aromatic rings. The van der Waals surface area contributed by atoms with E-state index in [0.717, 1.165) is 5.56 Å². The van der Waals surface area contributed by atoms with Gasteiger partial charge in [-0.15, -0.1) is 0 Å². The SMILES string of the molecule is CCNC(=NCc1ccc(C)cc1OCC(F)(F)F)NCc1noc(C)n1. The number of halogens is 3. The van der Waals surface area contributed by atoms with Gasteiger partial charge in [-0.2, -0.15) is 18.2 Å². The average Bonchev–Trinajstić information content (AvgIpc) is 3.01. The number of aliphatic imine (C=N–C) groups is 1. The molecule has 0 bridgehead atoms. The summed E-state index contributed by atoms with van der Waals surface area (Å²) >= 11 is 0. The Kier molecular flexibility index (Phi) is 7.03. The first-order valence-corrected chi connectivity index (χ1v) is 8.37. The molecule has 2 rings (SSSR count). The summed E-state index contributed by atoms with van der Waals surface area (Å²) in [5, 5.41) is 9.87. The molecule has 0 radical (unpaired) electrons. The van der Waals surface area contributed by atoms with Crippen molar-refractivity contribution in [2.75, 3.05) is 13.2 Å². The second-order valence-electron chi connectivity index (χ2n) is 5.79. The number of alkyl halides is 3. The molecule has 1 heterocycles. The van der Waals surface area contributed by atoms with Crippen LogP contribution in [0, 0.1) is 13.8 Å². The Morgan fingerprint density at radius 3 is 2.67 bits per heavy atom. The Morgan fingerprint density at radius 2 is 2.04 bits per heavy atom. The van der Waals surface area contributed by atoms with Gasteiger partial charge in [0.2, 0.25) is 5.89 Å². The summed E-state index contributed by atoms with van der Waals surface area (Å²) in [7, 11) is 0. The molecule has 10 heteroatoms. The van der Waals surface area contributed by atoms with Crippen molar-refractivity contribution in [1.29, 1.82) is 0 Å². The van der Waals surface area contributed by atoms with Crippen LogP contribution in [0.5, 0.6) is 5.75 Å². The van der Waals surface area contributed by atoms with E-state index in [4.69, 9.17) is 9.26 Å². The van der Waals surface area contributed by atoms with Crippen LogP contribution in [0.3, 0.4) is 0 Å². The fourth-order valence-electron chi connectivity index (χ4n) is 2.17. The minimum Gasteiger partial charge on any atom is -0.484 e. The van der Waals surface area contributed by atoms with Crippen molar-refractivity contribution in [3.63, 3.8) is 0 Å². The summed E-state index contributed by atoms with van der Waals surface area (Å²) in [5.74, 6) is 1.57. The second kappa shape index (κ2) is 9.24. The van der Waals surface area contributed by atoms with E-state index >= 15 is 0 Å². The van der Waals surface area contributed by atoms with Gasteiger partial charge in [0, 0.05) is 19.0 Å². The number of rotatable bonds is 7.